The van der Waals surface area contributed by atoms with Gasteiger partial charge in [-0.15, -0.1) is 0 Å². The molecule has 0 aromatic carbocycles. The van der Waals surface area contributed by atoms with Crippen molar-refractivity contribution in [2.24, 2.45) is 11.8 Å². The molecule has 2 fully saturated rings. The SMILES string of the molecule is CC1CC[N+]2(CCCCCC2)CC(C)C1. The van der Waals surface area contributed by atoms with Crippen molar-refractivity contribution in [2.75, 3.05) is 26.2 Å². The highest BCUT2D eigenvalue weighted by Crippen LogP contribution is 2.29. The first-order valence-corrected chi connectivity index (χ1v) is 7.05. The summed E-state index contributed by atoms with van der Waals surface area (Å²) in [6, 6.07) is 0. The molecule has 2 aliphatic rings. The monoisotopic (exact) mass is 210 g/mol. The van der Waals surface area contributed by atoms with Crippen LogP contribution in [0, 0.1) is 11.8 Å². The van der Waals surface area contributed by atoms with E-state index in [1.54, 1.807) is 0 Å². The van der Waals surface area contributed by atoms with Gasteiger partial charge in [0, 0.05) is 5.92 Å². The van der Waals surface area contributed by atoms with Gasteiger partial charge < -0.3 is 4.48 Å². The molecule has 0 N–H and O–H groups in total. The topological polar surface area (TPSA) is 0 Å². The van der Waals surface area contributed by atoms with E-state index in [1.807, 2.05) is 0 Å². The summed E-state index contributed by atoms with van der Waals surface area (Å²) < 4.78 is 1.48. The smallest absolute Gasteiger partial charge is 0.0812 e. The Balaban J connectivity index is 2.04. The zero-order valence-electron chi connectivity index (χ0n) is 10.7. The van der Waals surface area contributed by atoms with E-state index in [1.165, 1.54) is 69.2 Å². The maximum absolute atomic E-state index is 2.48. The lowest BCUT2D eigenvalue weighted by molar-refractivity contribution is -0.929. The lowest BCUT2D eigenvalue weighted by atomic mass is 9.97. The van der Waals surface area contributed by atoms with Gasteiger partial charge in [-0.25, -0.2) is 0 Å². The fraction of sp³-hybridized carbons (Fsp3) is 1.00. The number of rotatable bonds is 0. The third-order valence-corrected chi connectivity index (χ3v) is 4.61. The Kier molecular flexibility index (Phi) is 3.71. The molecule has 0 bridgehead atoms. The van der Waals surface area contributed by atoms with Crippen molar-refractivity contribution in [1.82, 2.24) is 0 Å². The quantitative estimate of drug-likeness (QED) is 0.537. The molecule has 0 amide bonds. The highest BCUT2D eigenvalue weighted by molar-refractivity contribution is 4.67. The molecule has 2 heterocycles. The molecule has 2 rings (SSSR count). The molecule has 2 saturated heterocycles. The Morgan fingerprint density at radius 1 is 0.800 bits per heavy atom. The van der Waals surface area contributed by atoms with Gasteiger partial charge in [0.25, 0.3) is 0 Å². The summed E-state index contributed by atoms with van der Waals surface area (Å²) in [7, 11) is 0. The Labute approximate surface area is 95.4 Å². The van der Waals surface area contributed by atoms with Crippen molar-refractivity contribution in [3.63, 3.8) is 0 Å². The van der Waals surface area contributed by atoms with Crippen molar-refractivity contribution in [2.45, 2.75) is 52.4 Å². The minimum absolute atomic E-state index is 0.959. The molecule has 15 heavy (non-hydrogen) atoms. The molecule has 1 nitrogen and oxygen atoms in total. The van der Waals surface area contributed by atoms with E-state index in [2.05, 4.69) is 13.8 Å². The van der Waals surface area contributed by atoms with Crippen LogP contribution in [0.4, 0.5) is 0 Å². The highest BCUT2D eigenvalue weighted by atomic mass is 15.4. The Bertz CT molecular complexity index is 192. The molecule has 88 valence electrons. The number of quaternary nitrogens is 1. The minimum atomic E-state index is 0.959. The number of hydrogen-bond acceptors (Lipinski definition) is 0. The van der Waals surface area contributed by atoms with Gasteiger partial charge in [-0.1, -0.05) is 13.8 Å². The Hall–Kier alpha value is -0.0400. The summed E-state index contributed by atoms with van der Waals surface area (Å²) in [6.45, 7) is 10.9. The predicted molar refractivity (Wildman–Crippen MR) is 65.8 cm³/mol. The molecule has 1 spiro atoms. The van der Waals surface area contributed by atoms with Crippen molar-refractivity contribution in [3.05, 3.63) is 0 Å². The lowest BCUT2D eigenvalue weighted by Crippen LogP contribution is -2.50. The van der Waals surface area contributed by atoms with Crippen molar-refractivity contribution in [1.29, 1.82) is 0 Å². The van der Waals surface area contributed by atoms with Gasteiger partial charge in [0.05, 0.1) is 26.2 Å². The molecule has 0 aromatic rings. The van der Waals surface area contributed by atoms with Crippen LogP contribution < -0.4 is 0 Å². The van der Waals surface area contributed by atoms with Crippen LogP contribution in [0.1, 0.15) is 52.4 Å². The normalized spacial score (nSPS) is 37.2. The maximum atomic E-state index is 2.48. The van der Waals surface area contributed by atoms with Crippen LogP contribution in [-0.4, -0.2) is 30.7 Å². The van der Waals surface area contributed by atoms with Crippen molar-refractivity contribution >= 4 is 0 Å². The number of hydrogen-bond donors (Lipinski definition) is 0. The third-order valence-electron chi connectivity index (χ3n) is 4.61. The van der Waals surface area contributed by atoms with Crippen LogP contribution in [0.3, 0.4) is 0 Å². The zero-order valence-corrected chi connectivity index (χ0v) is 10.7. The van der Waals surface area contributed by atoms with Crippen LogP contribution in [0.5, 0.6) is 0 Å². The summed E-state index contributed by atoms with van der Waals surface area (Å²) in [6.07, 6.45) is 8.90. The second-order valence-electron chi connectivity index (χ2n) is 6.34. The molecule has 0 radical (unpaired) electrons. The fourth-order valence-electron chi connectivity index (χ4n) is 3.89. The molecule has 0 aromatic heterocycles. The molecular formula is C14H28N+. The fourth-order valence-corrected chi connectivity index (χ4v) is 3.89. The second-order valence-corrected chi connectivity index (χ2v) is 6.34. The average molecular weight is 210 g/mol. The predicted octanol–water partition coefficient (Wildman–Crippen LogP) is 3.44. The first-order chi connectivity index (χ1) is 7.20. The molecule has 2 aliphatic heterocycles. The third kappa shape index (κ3) is 2.96. The standard InChI is InChI=1S/C14H28N/c1-13-7-10-15(12-14(2)11-13)8-5-3-4-6-9-15/h13-14H,3-12H2,1-2H3/q+1. The van der Waals surface area contributed by atoms with Crippen LogP contribution in [0.25, 0.3) is 0 Å². The van der Waals surface area contributed by atoms with Gasteiger partial charge in [0.15, 0.2) is 0 Å². The van der Waals surface area contributed by atoms with Gasteiger partial charge in [-0.3, -0.25) is 0 Å². The van der Waals surface area contributed by atoms with E-state index >= 15 is 0 Å². The first-order valence-electron chi connectivity index (χ1n) is 7.05. The Morgan fingerprint density at radius 2 is 1.47 bits per heavy atom. The van der Waals surface area contributed by atoms with Crippen molar-refractivity contribution < 1.29 is 4.48 Å². The van der Waals surface area contributed by atoms with Gasteiger partial charge >= 0.3 is 0 Å². The molecule has 1 heteroatoms. The van der Waals surface area contributed by atoms with E-state index in [0.717, 1.165) is 11.8 Å². The molecule has 0 saturated carbocycles. The molecule has 0 aliphatic carbocycles. The van der Waals surface area contributed by atoms with Crippen molar-refractivity contribution in [3.8, 4) is 0 Å². The van der Waals surface area contributed by atoms with Gasteiger partial charge in [-0.2, -0.15) is 0 Å². The summed E-state index contributed by atoms with van der Waals surface area (Å²) in [5.74, 6) is 1.93. The summed E-state index contributed by atoms with van der Waals surface area (Å²) in [4.78, 5) is 0. The van der Waals surface area contributed by atoms with Gasteiger partial charge in [0.2, 0.25) is 0 Å². The maximum Gasteiger partial charge on any atom is 0.0812 e. The largest absolute Gasteiger partial charge is 0.323 e. The summed E-state index contributed by atoms with van der Waals surface area (Å²) >= 11 is 0. The minimum Gasteiger partial charge on any atom is -0.323 e. The van der Waals surface area contributed by atoms with E-state index in [4.69, 9.17) is 0 Å². The van der Waals surface area contributed by atoms with E-state index in [-0.39, 0.29) is 0 Å². The number of nitrogens with zero attached hydrogens (tertiary/aromatic N) is 1. The van der Waals surface area contributed by atoms with Crippen LogP contribution in [-0.2, 0) is 0 Å². The Morgan fingerprint density at radius 3 is 2.13 bits per heavy atom. The summed E-state index contributed by atoms with van der Waals surface area (Å²) in [5, 5.41) is 0. The molecule has 2 atom stereocenters. The molecular weight excluding hydrogens is 182 g/mol. The zero-order chi connectivity index (χ0) is 10.7. The van der Waals surface area contributed by atoms with Gasteiger partial charge in [-0.05, 0) is 44.4 Å². The first kappa shape index (κ1) is 11.4. The average Bonchev–Trinajstić information content (AvgIpc) is 2.47. The second kappa shape index (κ2) is 4.86. The van der Waals surface area contributed by atoms with Crippen LogP contribution in [0.15, 0.2) is 0 Å². The van der Waals surface area contributed by atoms with E-state index in [9.17, 15) is 0 Å². The van der Waals surface area contributed by atoms with Crippen LogP contribution >= 0.6 is 0 Å². The molecule has 2 unspecified atom stereocenters. The van der Waals surface area contributed by atoms with Crippen LogP contribution in [0.2, 0.25) is 0 Å². The highest BCUT2D eigenvalue weighted by Gasteiger charge is 2.33. The van der Waals surface area contributed by atoms with E-state index in [0.29, 0.717) is 0 Å². The van der Waals surface area contributed by atoms with Gasteiger partial charge in [0.1, 0.15) is 0 Å². The summed E-state index contributed by atoms with van der Waals surface area (Å²) in [5.41, 5.74) is 0. The lowest BCUT2D eigenvalue weighted by Gasteiger charge is -2.38. The van der Waals surface area contributed by atoms with E-state index < -0.39 is 0 Å².